The smallest absolute Gasteiger partial charge is 0.319 e. The van der Waals surface area contributed by atoms with Crippen molar-refractivity contribution >= 4 is 11.7 Å². The molecule has 0 bridgehead atoms. The Hall–Kier alpha value is -1.75. The van der Waals surface area contributed by atoms with Crippen molar-refractivity contribution in [2.24, 2.45) is 0 Å². The Balaban J connectivity index is 1.62. The van der Waals surface area contributed by atoms with Gasteiger partial charge in [-0.2, -0.15) is 0 Å². The molecule has 1 aliphatic rings. The van der Waals surface area contributed by atoms with E-state index in [9.17, 15) is 4.79 Å². The Morgan fingerprint density at radius 3 is 2.86 bits per heavy atom. The highest BCUT2D eigenvalue weighted by Crippen LogP contribution is 2.16. The highest BCUT2D eigenvalue weighted by atomic mass is 16.5. The first-order valence-electron chi connectivity index (χ1n) is 7.69. The standard InChI is InChI=1S/C16H25N3O2/c1-21-15-8-5-7-14(13-15)18-16(20)17-9-6-12-19-10-3-2-4-11-19/h5,7-8,13H,2-4,6,9-12H2,1H3,(H2,17,18,20). The maximum Gasteiger partial charge on any atom is 0.319 e. The van der Waals surface area contributed by atoms with Crippen LogP contribution in [-0.4, -0.2) is 44.2 Å². The molecule has 0 atom stereocenters. The average Bonchev–Trinajstić information content (AvgIpc) is 2.53. The largest absolute Gasteiger partial charge is 0.497 e. The van der Waals surface area contributed by atoms with E-state index < -0.39 is 0 Å². The number of hydrogen-bond donors (Lipinski definition) is 2. The summed E-state index contributed by atoms with van der Waals surface area (Å²) >= 11 is 0. The summed E-state index contributed by atoms with van der Waals surface area (Å²) in [6.07, 6.45) is 4.97. The van der Waals surface area contributed by atoms with Crippen LogP contribution >= 0.6 is 0 Å². The van der Waals surface area contributed by atoms with E-state index in [2.05, 4.69) is 15.5 Å². The number of anilines is 1. The summed E-state index contributed by atoms with van der Waals surface area (Å²) in [4.78, 5) is 14.3. The predicted molar refractivity (Wildman–Crippen MR) is 84.9 cm³/mol. The number of ether oxygens (including phenoxy) is 1. The van der Waals surface area contributed by atoms with Gasteiger partial charge in [-0.15, -0.1) is 0 Å². The van der Waals surface area contributed by atoms with Crippen molar-refractivity contribution < 1.29 is 9.53 Å². The second-order valence-corrected chi connectivity index (χ2v) is 5.37. The minimum Gasteiger partial charge on any atom is -0.497 e. The van der Waals surface area contributed by atoms with E-state index in [-0.39, 0.29) is 6.03 Å². The van der Waals surface area contributed by atoms with Crippen molar-refractivity contribution in [3.8, 4) is 5.75 Å². The zero-order chi connectivity index (χ0) is 14.9. The molecule has 1 aromatic rings. The molecule has 0 spiro atoms. The van der Waals surface area contributed by atoms with Gasteiger partial charge in [-0.25, -0.2) is 4.79 Å². The van der Waals surface area contributed by atoms with Gasteiger partial charge in [0.2, 0.25) is 0 Å². The number of piperidine rings is 1. The number of urea groups is 1. The first-order valence-corrected chi connectivity index (χ1v) is 7.69. The molecule has 2 amide bonds. The minimum atomic E-state index is -0.165. The molecule has 1 fully saturated rings. The molecule has 1 heterocycles. The molecule has 2 N–H and O–H groups in total. The first kappa shape index (κ1) is 15.6. The number of carbonyl (C=O) groups is 1. The molecule has 21 heavy (non-hydrogen) atoms. The van der Waals surface area contributed by atoms with Crippen LogP contribution in [0.2, 0.25) is 0 Å². The minimum absolute atomic E-state index is 0.165. The summed E-state index contributed by atoms with van der Waals surface area (Å²) in [6, 6.07) is 7.18. The van der Waals surface area contributed by atoms with Crippen LogP contribution in [0.15, 0.2) is 24.3 Å². The molecule has 0 unspecified atom stereocenters. The van der Waals surface area contributed by atoms with Crippen molar-refractivity contribution in [3.05, 3.63) is 24.3 Å². The molecule has 2 rings (SSSR count). The zero-order valence-electron chi connectivity index (χ0n) is 12.7. The number of rotatable bonds is 6. The van der Waals surface area contributed by atoms with Gasteiger partial charge in [-0.1, -0.05) is 12.5 Å². The Morgan fingerprint density at radius 2 is 2.10 bits per heavy atom. The van der Waals surface area contributed by atoms with E-state index in [0.717, 1.165) is 24.4 Å². The van der Waals surface area contributed by atoms with Crippen LogP contribution in [0.25, 0.3) is 0 Å². The van der Waals surface area contributed by atoms with Crippen LogP contribution in [0.1, 0.15) is 25.7 Å². The van der Waals surface area contributed by atoms with Crippen molar-refractivity contribution in [2.75, 3.05) is 38.6 Å². The van der Waals surface area contributed by atoms with Gasteiger partial charge in [-0.05, 0) is 51.0 Å². The van der Waals surface area contributed by atoms with Gasteiger partial charge in [-0.3, -0.25) is 0 Å². The molecule has 1 saturated heterocycles. The number of benzene rings is 1. The fraction of sp³-hybridized carbons (Fsp3) is 0.562. The molecule has 0 saturated carbocycles. The van der Waals surface area contributed by atoms with E-state index in [0.29, 0.717) is 6.54 Å². The topological polar surface area (TPSA) is 53.6 Å². The molecule has 5 heteroatoms. The maximum absolute atomic E-state index is 11.8. The Bertz CT molecular complexity index is 445. The van der Waals surface area contributed by atoms with E-state index in [1.807, 2.05) is 18.2 Å². The van der Waals surface area contributed by atoms with E-state index >= 15 is 0 Å². The number of methoxy groups -OCH3 is 1. The van der Waals surface area contributed by atoms with E-state index in [1.165, 1.54) is 32.4 Å². The van der Waals surface area contributed by atoms with Crippen molar-refractivity contribution in [1.82, 2.24) is 10.2 Å². The number of carbonyl (C=O) groups excluding carboxylic acids is 1. The van der Waals surface area contributed by atoms with Crippen molar-refractivity contribution in [1.29, 1.82) is 0 Å². The fourth-order valence-corrected chi connectivity index (χ4v) is 2.56. The van der Waals surface area contributed by atoms with Gasteiger partial charge in [0.15, 0.2) is 0 Å². The lowest BCUT2D eigenvalue weighted by atomic mass is 10.1. The van der Waals surface area contributed by atoms with Crippen molar-refractivity contribution in [3.63, 3.8) is 0 Å². The van der Waals surface area contributed by atoms with Crippen LogP contribution in [-0.2, 0) is 0 Å². The third-order valence-electron chi connectivity index (χ3n) is 3.71. The monoisotopic (exact) mass is 291 g/mol. The summed E-state index contributed by atoms with van der Waals surface area (Å²) in [5, 5.41) is 5.70. The highest BCUT2D eigenvalue weighted by Gasteiger charge is 2.09. The lowest BCUT2D eigenvalue weighted by molar-refractivity contribution is 0.224. The Labute approximate surface area is 126 Å². The molecule has 0 aliphatic carbocycles. The van der Waals surface area contributed by atoms with E-state index in [4.69, 9.17) is 4.74 Å². The summed E-state index contributed by atoms with van der Waals surface area (Å²) < 4.78 is 5.12. The molecule has 0 aromatic heterocycles. The van der Waals surface area contributed by atoms with Gasteiger partial charge in [0.1, 0.15) is 5.75 Å². The molecule has 5 nitrogen and oxygen atoms in total. The maximum atomic E-state index is 11.8. The average molecular weight is 291 g/mol. The third-order valence-corrected chi connectivity index (χ3v) is 3.71. The fourth-order valence-electron chi connectivity index (χ4n) is 2.56. The molecular formula is C16H25N3O2. The predicted octanol–water partition coefficient (Wildman–Crippen LogP) is 2.69. The number of amides is 2. The zero-order valence-corrected chi connectivity index (χ0v) is 12.7. The number of nitrogens with one attached hydrogen (secondary N) is 2. The highest BCUT2D eigenvalue weighted by molar-refractivity contribution is 5.89. The van der Waals surface area contributed by atoms with Gasteiger partial charge in [0, 0.05) is 18.3 Å². The van der Waals surface area contributed by atoms with Crippen LogP contribution in [0.5, 0.6) is 5.75 Å². The summed E-state index contributed by atoms with van der Waals surface area (Å²) in [6.45, 7) is 4.18. The molecule has 1 aromatic carbocycles. The van der Waals surface area contributed by atoms with E-state index in [1.54, 1.807) is 13.2 Å². The Kier molecular flexibility index (Phi) is 6.34. The number of likely N-dealkylation sites (tertiary alicyclic amines) is 1. The lowest BCUT2D eigenvalue weighted by Gasteiger charge is -2.26. The van der Waals surface area contributed by atoms with Crippen LogP contribution in [0.4, 0.5) is 10.5 Å². The van der Waals surface area contributed by atoms with Gasteiger partial charge >= 0.3 is 6.03 Å². The molecule has 116 valence electrons. The summed E-state index contributed by atoms with van der Waals surface area (Å²) in [5.41, 5.74) is 0.739. The molecule has 1 aliphatic heterocycles. The number of hydrogen-bond acceptors (Lipinski definition) is 3. The Morgan fingerprint density at radius 1 is 1.29 bits per heavy atom. The quantitative estimate of drug-likeness (QED) is 0.792. The summed E-state index contributed by atoms with van der Waals surface area (Å²) in [5.74, 6) is 0.734. The van der Waals surface area contributed by atoms with Gasteiger partial charge in [0.25, 0.3) is 0 Å². The lowest BCUT2D eigenvalue weighted by Crippen LogP contribution is -2.34. The SMILES string of the molecule is COc1cccc(NC(=O)NCCCN2CCCCC2)c1. The van der Waals surface area contributed by atoms with Crippen LogP contribution in [0.3, 0.4) is 0 Å². The third kappa shape index (κ3) is 5.63. The second kappa shape index (κ2) is 8.52. The van der Waals surface area contributed by atoms with Crippen LogP contribution in [0, 0.1) is 0 Å². The molecule has 0 radical (unpaired) electrons. The molecular weight excluding hydrogens is 266 g/mol. The summed E-state index contributed by atoms with van der Waals surface area (Å²) in [7, 11) is 1.61. The normalized spacial score (nSPS) is 15.5. The van der Waals surface area contributed by atoms with Gasteiger partial charge < -0.3 is 20.3 Å². The van der Waals surface area contributed by atoms with Gasteiger partial charge in [0.05, 0.1) is 7.11 Å². The number of nitrogens with zero attached hydrogens (tertiary/aromatic N) is 1. The van der Waals surface area contributed by atoms with Crippen molar-refractivity contribution in [2.45, 2.75) is 25.7 Å². The second-order valence-electron chi connectivity index (χ2n) is 5.37. The van der Waals surface area contributed by atoms with Crippen LogP contribution < -0.4 is 15.4 Å². The first-order chi connectivity index (χ1) is 10.3.